The van der Waals surface area contributed by atoms with Gasteiger partial charge in [-0.05, 0) is 18.9 Å². The fourth-order valence-corrected chi connectivity index (χ4v) is 2.03. The SMILES string of the molecule is CCOC(=O)c1oc2c(CC)cccc2c1CO. The Kier molecular flexibility index (Phi) is 3.67. The van der Waals surface area contributed by atoms with Crippen LogP contribution in [-0.4, -0.2) is 17.7 Å². The maximum absolute atomic E-state index is 11.8. The van der Waals surface area contributed by atoms with Crippen LogP contribution in [0.15, 0.2) is 22.6 Å². The van der Waals surface area contributed by atoms with Crippen molar-refractivity contribution in [1.29, 1.82) is 0 Å². The van der Waals surface area contributed by atoms with E-state index in [0.717, 1.165) is 17.4 Å². The number of fused-ring (bicyclic) bond motifs is 1. The lowest BCUT2D eigenvalue weighted by molar-refractivity contribution is 0.0488. The van der Waals surface area contributed by atoms with Crippen molar-refractivity contribution >= 4 is 16.9 Å². The summed E-state index contributed by atoms with van der Waals surface area (Å²) >= 11 is 0. The van der Waals surface area contributed by atoms with Gasteiger partial charge in [0.25, 0.3) is 0 Å². The van der Waals surface area contributed by atoms with Crippen LogP contribution in [0.2, 0.25) is 0 Å². The summed E-state index contributed by atoms with van der Waals surface area (Å²) in [6.45, 7) is 3.78. The zero-order valence-corrected chi connectivity index (χ0v) is 10.5. The fourth-order valence-electron chi connectivity index (χ4n) is 2.03. The van der Waals surface area contributed by atoms with Crippen molar-refractivity contribution in [3.05, 3.63) is 35.1 Å². The van der Waals surface area contributed by atoms with Crippen LogP contribution in [0.3, 0.4) is 0 Å². The molecule has 0 saturated carbocycles. The first-order valence-electron chi connectivity index (χ1n) is 6.04. The van der Waals surface area contributed by atoms with Crippen molar-refractivity contribution in [2.24, 2.45) is 0 Å². The molecule has 0 unspecified atom stereocenters. The Balaban J connectivity index is 2.64. The third-order valence-corrected chi connectivity index (χ3v) is 2.90. The maximum atomic E-state index is 11.8. The number of furan rings is 1. The van der Waals surface area contributed by atoms with E-state index in [-0.39, 0.29) is 19.0 Å². The number of hydrogen-bond acceptors (Lipinski definition) is 4. The van der Waals surface area contributed by atoms with Gasteiger partial charge in [0.2, 0.25) is 5.76 Å². The van der Waals surface area contributed by atoms with E-state index in [9.17, 15) is 9.90 Å². The number of hydrogen-bond donors (Lipinski definition) is 1. The lowest BCUT2D eigenvalue weighted by Crippen LogP contribution is -2.05. The normalized spacial score (nSPS) is 10.8. The summed E-state index contributed by atoms with van der Waals surface area (Å²) in [6.07, 6.45) is 0.804. The predicted molar refractivity (Wildman–Crippen MR) is 67.5 cm³/mol. The fraction of sp³-hybridized carbons (Fsp3) is 0.357. The molecule has 0 spiro atoms. The van der Waals surface area contributed by atoms with Gasteiger partial charge >= 0.3 is 5.97 Å². The van der Waals surface area contributed by atoms with Gasteiger partial charge in [0.15, 0.2) is 0 Å². The van der Waals surface area contributed by atoms with Crippen molar-refractivity contribution in [3.63, 3.8) is 0 Å². The molecule has 4 heteroatoms. The van der Waals surface area contributed by atoms with E-state index >= 15 is 0 Å². The molecule has 0 amide bonds. The van der Waals surface area contributed by atoms with Gasteiger partial charge in [0.05, 0.1) is 13.2 Å². The lowest BCUT2D eigenvalue weighted by Gasteiger charge is -1.99. The minimum atomic E-state index is -0.528. The molecule has 0 aliphatic heterocycles. The number of aliphatic hydroxyl groups is 1. The minimum Gasteiger partial charge on any atom is -0.460 e. The Morgan fingerprint density at radius 1 is 1.39 bits per heavy atom. The van der Waals surface area contributed by atoms with Gasteiger partial charge in [0.1, 0.15) is 5.58 Å². The van der Waals surface area contributed by atoms with Gasteiger partial charge in [-0.15, -0.1) is 0 Å². The maximum Gasteiger partial charge on any atom is 0.374 e. The average molecular weight is 248 g/mol. The highest BCUT2D eigenvalue weighted by Crippen LogP contribution is 2.29. The molecule has 96 valence electrons. The topological polar surface area (TPSA) is 59.7 Å². The van der Waals surface area contributed by atoms with Gasteiger partial charge in [-0.1, -0.05) is 25.1 Å². The third kappa shape index (κ3) is 1.99. The Hall–Kier alpha value is -1.81. The number of aliphatic hydroxyl groups excluding tert-OH is 1. The first kappa shape index (κ1) is 12.6. The van der Waals surface area contributed by atoms with Gasteiger partial charge < -0.3 is 14.3 Å². The summed E-state index contributed by atoms with van der Waals surface area (Å²) in [7, 11) is 0. The van der Waals surface area contributed by atoms with Gasteiger partial charge in [-0.2, -0.15) is 0 Å². The molecule has 0 bridgehead atoms. The van der Waals surface area contributed by atoms with Crippen molar-refractivity contribution in [3.8, 4) is 0 Å². The molecular weight excluding hydrogens is 232 g/mol. The van der Waals surface area contributed by atoms with Crippen LogP contribution >= 0.6 is 0 Å². The Morgan fingerprint density at radius 3 is 2.78 bits per heavy atom. The minimum absolute atomic E-state index is 0.107. The molecule has 2 aromatic rings. The zero-order valence-electron chi connectivity index (χ0n) is 10.5. The van der Waals surface area contributed by atoms with E-state index < -0.39 is 5.97 Å². The quantitative estimate of drug-likeness (QED) is 0.845. The second-order valence-corrected chi connectivity index (χ2v) is 3.94. The molecule has 1 aromatic carbocycles. The van der Waals surface area contributed by atoms with E-state index in [1.165, 1.54) is 0 Å². The Morgan fingerprint density at radius 2 is 2.17 bits per heavy atom. The average Bonchev–Trinajstić information content (AvgIpc) is 2.77. The number of aryl methyl sites for hydroxylation is 1. The van der Waals surface area contributed by atoms with Gasteiger partial charge in [-0.3, -0.25) is 0 Å². The Bertz CT molecular complexity index is 568. The summed E-state index contributed by atoms with van der Waals surface area (Å²) in [5, 5.41) is 10.2. The molecule has 18 heavy (non-hydrogen) atoms. The number of ether oxygens (including phenoxy) is 1. The molecule has 1 heterocycles. The Labute approximate surface area is 105 Å². The number of benzene rings is 1. The lowest BCUT2D eigenvalue weighted by atomic mass is 10.1. The molecule has 1 aromatic heterocycles. The molecule has 4 nitrogen and oxygen atoms in total. The molecule has 0 fully saturated rings. The molecule has 1 N–H and O–H groups in total. The number of carbonyl (C=O) groups excluding carboxylic acids is 1. The first-order chi connectivity index (χ1) is 8.72. The van der Waals surface area contributed by atoms with E-state index in [2.05, 4.69) is 0 Å². The predicted octanol–water partition coefficient (Wildman–Crippen LogP) is 2.66. The van der Waals surface area contributed by atoms with E-state index in [1.54, 1.807) is 6.92 Å². The van der Waals surface area contributed by atoms with E-state index in [0.29, 0.717) is 11.1 Å². The van der Waals surface area contributed by atoms with E-state index in [4.69, 9.17) is 9.15 Å². The molecule has 0 aliphatic rings. The molecule has 0 radical (unpaired) electrons. The molecule has 0 saturated heterocycles. The number of para-hydroxylation sites is 1. The summed E-state index contributed by atoms with van der Waals surface area (Å²) < 4.78 is 10.5. The third-order valence-electron chi connectivity index (χ3n) is 2.90. The number of carbonyl (C=O) groups is 1. The molecule has 0 atom stereocenters. The second kappa shape index (κ2) is 5.23. The number of esters is 1. The molecular formula is C14H16O4. The van der Waals surface area contributed by atoms with Crippen molar-refractivity contribution < 1.29 is 19.1 Å². The zero-order chi connectivity index (χ0) is 13.1. The summed E-state index contributed by atoms with van der Waals surface area (Å²) in [4.78, 5) is 11.8. The van der Waals surface area contributed by atoms with Gasteiger partial charge in [-0.25, -0.2) is 4.79 Å². The largest absolute Gasteiger partial charge is 0.460 e. The summed E-state index contributed by atoms with van der Waals surface area (Å²) in [6, 6.07) is 5.68. The number of rotatable bonds is 4. The van der Waals surface area contributed by atoms with Crippen LogP contribution in [0, 0.1) is 0 Å². The van der Waals surface area contributed by atoms with Crippen LogP contribution in [0.1, 0.15) is 35.5 Å². The highest BCUT2D eigenvalue weighted by molar-refractivity contribution is 5.96. The highest BCUT2D eigenvalue weighted by atomic mass is 16.5. The standard InChI is InChI=1S/C14H16O4/c1-3-9-6-5-7-10-11(8-15)13(18-12(9)10)14(16)17-4-2/h5-7,15H,3-4,8H2,1-2H3. The summed E-state index contributed by atoms with van der Waals surface area (Å²) in [5.41, 5.74) is 2.17. The van der Waals surface area contributed by atoms with Crippen LogP contribution < -0.4 is 0 Å². The molecule has 0 aliphatic carbocycles. The van der Waals surface area contributed by atoms with Crippen LogP contribution in [0.25, 0.3) is 11.0 Å². The van der Waals surface area contributed by atoms with Crippen molar-refractivity contribution in [1.82, 2.24) is 0 Å². The second-order valence-electron chi connectivity index (χ2n) is 3.94. The molecule has 2 rings (SSSR count). The smallest absolute Gasteiger partial charge is 0.374 e. The first-order valence-corrected chi connectivity index (χ1v) is 6.04. The van der Waals surface area contributed by atoms with Gasteiger partial charge in [0, 0.05) is 10.9 Å². The summed E-state index contributed by atoms with van der Waals surface area (Å²) in [5.74, 6) is -0.421. The monoisotopic (exact) mass is 248 g/mol. The van der Waals surface area contributed by atoms with Crippen molar-refractivity contribution in [2.45, 2.75) is 26.9 Å². The van der Waals surface area contributed by atoms with Crippen molar-refractivity contribution in [2.75, 3.05) is 6.61 Å². The van der Waals surface area contributed by atoms with Crippen LogP contribution in [-0.2, 0) is 17.8 Å². The highest BCUT2D eigenvalue weighted by Gasteiger charge is 2.21. The van der Waals surface area contributed by atoms with Crippen LogP contribution in [0.4, 0.5) is 0 Å². The van der Waals surface area contributed by atoms with Crippen LogP contribution in [0.5, 0.6) is 0 Å². The van der Waals surface area contributed by atoms with E-state index in [1.807, 2.05) is 25.1 Å².